The van der Waals surface area contributed by atoms with Gasteiger partial charge in [-0.3, -0.25) is 54.4 Å². The maximum Gasteiger partial charge on any atom is 0.339 e. The fourth-order valence-corrected chi connectivity index (χ4v) is 18.9. The van der Waals surface area contributed by atoms with E-state index in [1.807, 2.05) is 153 Å². The first kappa shape index (κ1) is 47.8. The maximum absolute atomic E-state index is 8.35. The Balaban J connectivity index is 0.0000000914. The monoisotopic (exact) mass is 1450 g/mol. The normalized spacial score (nSPS) is 15.6. The minimum Gasteiger partial charge on any atom is -0.419 e. The van der Waals surface area contributed by atoms with Gasteiger partial charge in [-0.15, -0.1) is 0 Å². The number of nitrogens with zero attached hydrogens (tertiary/aromatic N) is 22. The van der Waals surface area contributed by atoms with Crippen molar-refractivity contribution in [1.82, 2.24) is 81.8 Å². The molecule has 0 N–H and O–H groups in total. The van der Waals surface area contributed by atoms with Crippen LogP contribution in [0.1, 0.15) is 49.0 Å². The summed E-state index contributed by atoms with van der Waals surface area (Å²) in [5, 5.41) is 5.66. The predicted octanol–water partition coefficient (Wildman–Crippen LogP) is 12.0. The second-order valence-corrected chi connectivity index (χ2v) is 28.5. The molecule has 25 heterocycles. The molecule has 25 heteroatoms. The summed E-state index contributed by atoms with van der Waals surface area (Å²) in [7, 11) is 1.90. The first-order valence-corrected chi connectivity index (χ1v) is 35.8. The Morgan fingerprint density at radius 3 is 1.56 bits per heavy atom. The number of rotatable bonds is 1. The molecule has 514 valence electrons. The summed E-state index contributed by atoms with van der Waals surface area (Å²) in [6.45, 7) is -8.68. The molecule has 0 spiro atoms. The highest BCUT2D eigenvalue weighted by Gasteiger charge is 2.41. The number of benzene rings is 1. The average Bonchev–Trinajstić information content (AvgIpc) is 1.60. The van der Waals surface area contributed by atoms with E-state index in [1.54, 1.807) is 98.0 Å². The standard InChI is InChI=1S/C21H16N5.C16H14N5.C15H11N4O.2C15H11N4S/c1-24-20-15-8-5-10-23-17(15)13-25(20)19-16-12-22-11-9-18(16)26(21(19)24)14-6-3-2-4-7-14;1-19-13-5-7-17-8-11(13)14-16(19)20(2)15-10-4-3-6-18-12(10)9-21(14)15;2*1-18-14-9-3-2-5-17-11(9)8-19(14)13-10-7-16-6-4-12(10)20-15(13)18;1-18-12-7-16-6-4-10(12)13-14(18)19-8-11-9(15(19)20-13)3-2-5-17-11/h2-12H,13H2,1H3;3-8H,9H2,1-2H3;3*2-7H,8H2,1H3/q5*+1/i1D3;2D3;3*1D3. The quantitative estimate of drug-likeness (QED) is 0.142. The van der Waals surface area contributed by atoms with E-state index in [-0.39, 0.29) is 0 Å². The van der Waals surface area contributed by atoms with Gasteiger partial charge in [0.2, 0.25) is 22.0 Å². The van der Waals surface area contributed by atoms with Gasteiger partial charge in [-0.25, -0.2) is 45.7 Å². The molecule has 0 radical (unpaired) electrons. The van der Waals surface area contributed by atoms with Gasteiger partial charge in [0.1, 0.15) is 59.7 Å². The lowest BCUT2D eigenvalue weighted by Crippen LogP contribution is -2.32. The van der Waals surface area contributed by atoms with Crippen molar-refractivity contribution in [3.63, 3.8) is 0 Å². The first-order valence-electron chi connectivity index (χ1n) is 41.7. The molecule has 1 aromatic carbocycles. The van der Waals surface area contributed by atoms with E-state index in [9.17, 15) is 0 Å². The molecule has 26 rings (SSSR count). The maximum atomic E-state index is 8.35. The van der Waals surface area contributed by atoms with Crippen LogP contribution in [0.15, 0.2) is 219 Å². The van der Waals surface area contributed by atoms with Crippen LogP contribution >= 0.6 is 22.7 Å². The third-order valence-corrected chi connectivity index (χ3v) is 23.3. The van der Waals surface area contributed by atoms with Crippen molar-refractivity contribution in [3.05, 3.63) is 243 Å². The zero-order valence-electron chi connectivity index (χ0n) is 71.3. The summed E-state index contributed by atoms with van der Waals surface area (Å²) in [6.07, 6.45) is 26.0. The van der Waals surface area contributed by atoms with Gasteiger partial charge in [-0.2, -0.15) is 4.57 Å². The van der Waals surface area contributed by atoms with Crippen molar-refractivity contribution in [1.29, 1.82) is 0 Å². The molecule has 21 aromatic rings. The summed E-state index contributed by atoms with van der Waals surface area (Å²) in [4.78, 5) is 43.9. The van der Waals surface area contributed by atoms with Gasteiger partial charge < -0.3 is 4.42 Å². The molecular formula is C82H63N22OS2+5. The molecule has 0 aliphatic carbocycles. The van der Waals surface area contributed by atoms with Gasteiger partial charge in [0.15, 0.2) is 27.1 Å². The second kappa shape index (κ2) is 23.1. The van der Waals surface area contributed by atoms with E-state index in [0.717, 1.165) is 147 Å². The molecule has 0 saturated carbocycles. The Morgan fingerprint density at radius 2 is 0.916 bits per heavy atom. The van der Waals surface area contributed by atoms with E-state index >= 15 is 0 Å². The number of pyridine rings is 10. The Kier molecular flexibility index (Phi) is 10.3. The number of thiazole rings is 1. The topological polar surface area (TPSA) is 196 Å². The number of aryl methyl sites for hydroxylation is 6. The Hall–Kier alpha value is -13.4. The number of imidazole rings is 4. The summed E-state index contributed by atoms with van der Waals surface area (Å²) < 4.78 is 150. The molecule has 0 amide bonds. The number of aromatic nitrogens is 22. The van der Waals surface area contributed by atoms with E-state index < -0.39 is 34.9 Å². The lowest BCUT2D eigenvalue weighted by Gasteiger charge is -2.03. The minimum atomic E-state index is -2.36. The molecular weight excluding hydrogens is 1370 g/mol. The number of para-hydroxylation sites is 1. The summed E-state index contributed by atoms with van der Waals surface area (Å²) in [5.41, 5.74) is 19.0. The zero-order chi connectivity index (χ0) is 83.7. The Labute approximate surface area is 636 Å². The van der Waals surface area contributed by atoms with Crippen molar-refractivity contribution in [2.75, 3.05) is 0 Å². The van der Waals surface area contributed by atoms with Gasteiger partial charge in [-0.1, -0.05) is 40.9 Å². The van der Waals surface area contributed by atoms with E-state index in [0.29, 0.717) is 84.1 Å². The fourth-order valence-electron chi connectivity index (χ4n) is 16.4. The van der Waals surface area contributed by atoms with Crippen LogP contribution in [0.5, 0.6) is 0 Å². The van der Waals surface area contributed by atoms with Crippen LogP contribution in [0.3, 0.4) is 0 Å². The highest BCUT2D eigenvalue weighted by Crippen LogP contribution is 2.44. The molecule has 0 bridgehead atoms. The molecule has 20 aromatic heterocycles. The smallest absolute Gasteiger partial charge is 0.339 e. The van der Waals surface area contributed by atoms with Crippen LogP contribution in [0.4, 0.5) is 0 Å². The molecule has 23 nitrogen and oxygen atoms in total. The van der Waals surface area contributed by atoms with Crippen LogP contribution in [0, 0.1) is 0 Å². The van der Waals surface area contributed by atoms with Crippen molar-refractivity contribution in [2.45, 2.75) is 32.7 Å². The summed E-state index contributed by atoms with van der Waals surface area (Å²) >= 11 is 3.12. The molecule has 5 aliphatic rings. The third kappa shape index (κ3) is 8.64. The highest BCUT2D eigenvalue weighted by molar-refractivity contribution is 7.25. The minimum absolute atomic E-state index is 0.345. The van der Waals surface area contributed by atoms with Crippen molar-refractivity contribution < 1.29 is 47.8 Å². The second-order valence-electron chi connectivity index (χ2n) is 26.5. The van der Waals surface area contributed by atoms with Gasteiger partial charge in [0, 0.05) is 97.5 Å². The zero-order valence-corrected chi connectivity index (χ0v) is 57.9. The van der Waals surface area contributed by atoms with E-state index in [4.69, 9.17) is 25.0 Å². The van der Waals surface area contributed by atoms with E-state index in [2.05, 4.69) is 63.5 Å². The fraction of sp³-hybridized carbons (Fsp3) is 0.134. The van der Waals surface area contributed by atoms with Crippen molar-refractivity contribution in [3.8, 4) is 61.8 Å². The van der Waals surface area contributed by atoms with E-state index in [1.165, 1.54) is 34.2 Å². The first-order chi connectivity index (χ1) is 58.7. The number of fused-ring (bicyclic) bond motifs is 35. The largest absolute Gasteiger partial charge is 0.419 e. The Morgan fingerprint density at radius 1 is 0.402 bits per heavy atom. The third-order valence-electron chi connectivity index (χ3n) is 20.9. The van der Waals surface area contributed by atoms with Crippen LogP contribution in [-0.4, -0.2) is 81.8 Å². The predicted molar refractivity (Wildman–Crippen MR) is 410 cm³/mol. The van der Waals surface area contributed by atoms with Gasteiger partial charge in [0.25, 0.3) is 22.9 Å². The van der Waals surface area contributed by atoms with Crippen LogP contribution in [-0.2, 0) is 74.7 Å². The summed E-state index contributed by atoms with van der Waals surface area (Å²) in [6, 6.07) is 38.2. The van der Waals surface area contributed by atoms with Gasteiger partial charge in [0.05, 0.1) is 152 Å². The van der Waals surface area contributed by atoms with Crippen LogP contribution in [0.2, 0.25) is 0 Å². The molecule has 5 aliphatic heterocycles. The SMILES string of the molecule is [2H]C([2H])([2H])[n+]1c2n(c3c4cnccc4n(-c4ccccc4)c31)Cc1ncccc1-2.[2H]C([2H])([2H])[n+]1c2n(c3c4cnccc4n(C)c31)Cc1ncccc1-2.[2H]C([2H])([2H])[n+]1c2n(c3c4cnccc4oc31)Cc1ncccc1-2.[2H]C([2H])([2H])[n+]1c2n(c3c4cnccc4sc31)Cc1ncccc1-2.[2H]C([2H])([2H])n1c2cnccc2c2sc3[n+](c21)Cc1ncccc1-3. The van der Waals surface area contributed by atoms with Crippen LogP contribution < -0.4 is 22.8 Å². The van der Waals surface area contributed by atoms with Gasteiger partial charge in [-0.05, 0) is 97.1 Å². The molecule has 0 fully saturated rings. The van der Waals surface area contributed by atoms with Crippen LogP contribution in [0.25, 0.3) is 170 Å². The number of thiophene rings is 1. The lowest BCUT2D eigenvalue weighted by molar-refractivity contribution is -0.645. The summed E-state index contributed by atoms with van der Waals surface area (Å²) in [5.74, 6) is 2.66. The number of furan rings is 1. The van der Waals surface area contributed by atoms with Crippen molar-refractivity contribution in [2.24, 2.45) is 41.9 Å². The Bertz CT molecular complexity index is 7810. The van der Waals surface area contributed by atoms with Crippen molar-refractivity contribution >= 4 is 131 Å². The lowest BCUT2D eigenvalue weighted by atomic mass is 10.2. The average molecular weight is 1450 g/mol. The molecule has 0 saturated heterocycles. The number of hydrogen-bond acceptors (Lipinski definition) is 13. The molecule has 0 atom stereocenters. The number of hydrogen-bond donors (Lipinski definition) is 0. The van der Waals surface area contributed by atoms with Gasteiger partial charge >= 0.3 is 11.4 Å². The molecule has 107 heavy (non-hydrogen) atoms. The highest BCUT2D eigenvalue weighted by atomic mass is 32.1. The molecule has 0 unspecified atom stereocenters.